The average molecular weight is 408 g/mol. The molecule has 5 nitrogen and oxygen atoms in total. The summed E-state index contributed by atoms with van der Waals surface area (Å²) >= 11 is 7.15. The van der Waals surface area contributed by atoms with Crippen LogP contribution in [-0.4, -0.2) is 36.0 Å². The minimum atomic E-state index is -0.254. The molecule has 0 saturated heterocycles. The molecule has 3 heterocycles. The van der Waals surface area contributed by atoms with Crippen molar-refractivity contribution in [2.45, 2.75) is 0 Å². The molecule has 2 amide bonds. The lowest BCUT2D eigenvalue weighted by Crippen LogP contribution is -2.47. The van der Waals surface area contributed by atoms with E-state index in [1.807, 2.05) is 24.3 Å². The van der Waals surface area contributed by atoms with Gasteiger partial charge in [0.25, 0.3) is 0 Å². The maximum atomic E-state index is 11.5. The minimum absolute atomic E-state index is 0.254. The van der Waals surface area contributed by atoms with Gasteiger partial charge in [0, 0.05) is 19.0 Å². The van der Waals surface area contributed by atoms with Crippen molar-refractivity contribution in [2.75, 3.05) is 14.1 Å². The van der Waals surface area contributed by atoms with Gasteiger partial charge in [-0.2, -0.15) is 0 Å². The summed E-state index contributed by atoms with van der Waals surface area (Å²) in [6.07, 6.45) is 11.6. The lowest BCUT2D eigenvalue weighted by Gasteiger charge is -2.25. The molecule has 25 heavy (non-hydrogen) atoms. The van der Waals surface area contributed by atoms with Crippen LogP contribution in [-0.2, 0) is 0 Å². The molecular formula is C16H15N4OS4. The number of urea groups is 1. The molecule has 3 aliphatic rings. The van der Waals surface area contributed by atoms with Crippen LogP contribution >= 0.6 is 47.0 Å². The largest absolute Gasteiger partial charge is 0.360 e. The summed E-state index contributed by atoms with van der Waals surface area (Å²) in [7, 11) is 3.21. The van der Waals surface area contributed by atoms with Crippen LogP contribution in [0.25, 0.3) is 0 Å². The third kappa shape index (κ3) is 5.04. The van der Waals surface area contributed by atoms with Crippen molar-refractivity contribution in [1.82, 2.24) is 15.4 Å². The van der Waals surface area contributed by atoms with Gasteiger partial charge in [-0.05, 0) is 28.4 Å². The van der Waals surface area contributed by atoms with Crippen molar-refractivity contribution in [3.63, 3.8) is 0 Å². The monoisotopic (exact) mass is 407 g/mol. The molecule has 0 aliphatic carbocycles. The van der Waals surface area contributed by atoms with Crippen molar-refractivity contribution in [1.29, 1.82) is 0 Å². The van der Waals surface area contributed by atoms with Gasteiger partial charge in [0.05, 0.1) is 8.47 Å². The van der Waals surface area contributed by atoms with Crippen LogP contribution in [0.4, 0.5) is 4.79 Å². The second-order valence-electron chi connectivity index (χ2n) is 4.81. The Morgan fingerprint density at radius 2 is 1.64 bits per heavy atom. The Labute approximate surface area is 164 Å². The van der Waals surface area contributed by atoms with E-state index in [9.17, 15) is 4.79 Å². The van der Waals surface area contributed by atoms with Crippen molar-refractivity contribution in [3.8, 4) is 0 Å². The highest BCUT2D eigenvalue weighted by molar-refractivity contribution is 8.33. The van der Waals surface area contributed by atoms with Gasteiger partial charge < -0.3 is 0 Å². The van der Waals surface area contributed by atoms with Gasteiger partial charge in [0.2, 0.25) is 0 Å². The zero-order valence-electron chi connectivity index (χ0n) is 13.5. The predicted octanol–water partition coefficient (Wildman–Crippen LogP) is 4.88. The minimum Gasteiger partial charge on any atom is -0.244 e. The van der Waals surface area contributed by atoms with E-state index in [2.05, 4.69) is 32.8 Å². The fraction of sp³-hybridized carbons (Fsp3) is 0.125. The molecule has 9 heteroatoms. The quantitative estimate of drug-likeness (QED) is 0.622. The summed E-state index contributed by atoms with van der Waals surface area (Å²) < 4.78 is 2.71. The van der Waals surface area contributed by atoms with Crippen LogP contribution in [0, 0.1) is 0 Å². The highest BCUT2D eigenvalue weighted by atomic mass is 32.2. The number of hydrogen-bond acceptors (Lipinski definition) is 6. The fourth-order valence-corrected chi connectivity index (χ4v) is 6.20. The van der Waals surface area contributed by atoms with Crippen LogP contribution in [0.1, 0.15) is 0 Å². The number of hydrazone groups is 1. The third-order valence-electron chi connectivity index (χ3n) is 2.96. The zero-order chi connectivity index (χ0) is 17.6. The molecule has 0 aromatic heterocycles. The maximum Gasteiger partial charge on any atom is 0.360 e. The van der Waals surface area contributed by atoms with Gasteiger partial charge in [-0.15, -0.1) is 10.5 Å². The van der Waals surface area contributed by atoms with Crippen molar-refractivity contribution < 1.29 is 4.79 Å². The number of rotatable bonds is 4. The SMILES string of the molecule is CN1[N]C(/C=C/C=C/C=C/C2=CSC(=C3SC=CS3)S2)=NN(C)C1=O. The Bertz CT molecular complexity index is 754. The molecule has 0 fully saturated rings. The molecule has 0 bridgehead atoms. The molecule has 129 valence electrons. The Morgan fingerprint density at radius 3 is 2.36 bits per heavy atom. The number of carbonyl (C=O) groups is 1. The summed E-state index contributed by atoms with van der Waals surface area (Å²) in [5.41, 5.74) is 4.06. The smallest absolute Gasteiger partial charge is 0.244 e. The number of amidine groups is 1. The standard InChI is InChI=1S/C16H15N4OS4/c1-19-16(21)20(2)18-13(17-19)8-6-4-3-5-7-12-11-24-15(25-12)14-22-9-10-23-14/h3-11H,1-2H3/b4-3+,7-5+,8-6+. The van der Waals surface area contributed by atoms with Gasteiger partial charge in [-0.25, -0.2) is 14.8 Å². The van der Waals surface area contributed by atoms with Gasteiger partial charge in [-0.1, -0.05) is 71.4 Å². The highest BCUT2D eigenvalue weighted by Gasteiger charge is 2.21. The van der Waals surface area contributed by atoms with Crippen LogP contribution < -0.4 is 5.43 Å². The Balaban J connectivity index is 1.47. The van der Waals surface area contributed by atoms with Gasteiger partial charge in [0.1, 0.15) is 0 Å². The zero-order valence-corrected chi connectivity index (χ0v) is 16.8. The second-order valence-corrected chi connectivity index (χ2v) is 9.13. The van der Waals surface area contributed by atoms with E-state index in [0.29, 0.717) is 5.84 Å². The molecule has 1 radical (unpaired) electrons. The molecule has 0 spiro atoms. The molecule has 0 unspecified atom stereocenters. The van der Waals surface area contributed by atoms with E-state index in [0.717, 1.165) is 0 Å². The molecule has 0 aromatic rings. The molecule has 3 rings (SSSR count). The van der Waals surface area contributed by atoms with E-state index in [4.69, 9.17) is 0 Å². The molecular weight excluding hydrogens is 392 g/mol. The second kappa shape index (κ2) is 8.79. The van der Waals surface area contributed by atoms with Crippen LogP contribution in [0.15, 0.2) is 71.2 Å². The van der Waals surface area contributed by atoms with E-state index in [1.165, 1.54) is 23.4 Å². The summed E-state index contributed by atoms with van der Waals surface area (Å²) in [5, 5.41) is 13.0. The van der Waals surface area contributed by atoms with E-state index >= 15 is 0 Å². The molecule has 0 N–H and O–H groups in total. The first-order valence-electron chi connectivity index (χ1n) is 7.24. The van der Waals surface area contributed by atoms with E-state index in [1.54, 1.807) is 67.2 Å². The van der Waals surface area contributed by atoms with Crippen molar-refractivity contribution in [3.05, 3.63) is 66.1 Å². The first kappa shape index (κ1) is 18.4. The molecule has 3 aliphatic heterocycles. The van der Waals surface area contributed by atoms with Crippen molar-refractivity contribution >= 4 is 58.9 Å². The fourth-order valence-electron chi connectivity index (χ4n) is 1.84. The number of nitrogens with zero attached hydrogens (tertiary/aromatic N) is 4. The highest BCUT2D eigenvalue weighted by Crippen LogP contribution is 2.53. The number of amides is 2. The summed E-state index contributed by atoms with van der Waals surface area (Å²) in [6, 6.07) is -0.254. The lowest BCUT2D eigenvalue weighted by atomic mass is 10.4. The summed E-state index contributed by atoms with van der Waals surface area (Å²) in [5.74, 6) is 0.486. The van der Waals surface area contributed by atoms with Crippen LogP contribution in [0.5, 0.6) is 0 Å². The van der Waals surface area contributed by atoms with E-state index < -0.39 is 0 Å². The molecule has 0 aromatic carbocycles. The molecule has 0 saturated carbocycles. The topological polar surface area (TPSA) is 50.0 Å². The summed E-state index contributed by atoms with van der Waals surface area (Å²) in [4.78, 5) is 12.7. The van der Waals surface area contributed by atoms with Crippen LogP contribution in [0.3, 0.4) is 0 Å². The first-order valence-corrected chi connectivity index (χ1v) is 10.7. The number of hydrogen-bond donors (Lipinski definition) is 0. The Hall–Kier alpha value is -1.42. The average Bonchev–Trinajstić information content (AvgIpc) is 3.26. The summed E-state index contributed by atoms with van der Waals surface area (Å²) in [6.45, 7) is 0. The first-order chi connectivity index (χ1) is 12.1. The van der Waals surface area contributed by atoms with Gasteiger partial charge >= 0.3 is 6.03 Å². The number of thioether (sulfide) groups is 4. The Kier molecular flexibility index (Phi) is 6.46. The van der Waals surface area contributed by atoms with Crippen molar-refractivity contribution in [2.24, 2.45) is 5.10 Å². The number of allylic oxidation sites excluding steroid dienone is 5. The van der Waals surface area contributed by atoms with Crippen LogP contribution in [0.2, 0.25) is 0 Å². The van der Waals surface area contributed by atoms with Gasteiger partial charge in [-0.3, -0.25) is 0 Å². The van der Waals surface area contributed by atoms with E-state index in [-0.39, 0.29) is 6.03 Å². The Morgan fingerprint density at radius 1 is 0.920 bits per heavy atom. The maximum absolute atomic E-state index is 11.5. The third-order valence-corrected chi connectivity index (χ3v) is 7.97. The lowest BCUT2D eigenvalue weighted by molar-refractivity contribution is 0.155. The van der Waals surface area contributed by atoms with Gasteiger partial charge in [0.15, 0.2) is 5.84 Å². The normalized spacial score (nSPS) is 21.3. The predicted molar refractivity (Wildman–Crippen MR) is 113 cm³/mol. The number of carbonyl (C=O) groups excluding carboxylic acids is 1. The molecule has 0 atom stereocenters.